The Bertz CT molecular complexity index is 1550. The number of benzene rings is 4. The lowest BCUT2D eigenvalue weighted by Gasteiger charge is -2.30. The molecule has 1 aromatic heterocycles. The molecule has 0 saturated carbocycles. The standard InChI is InChI=1S/C28H20BrN3O/c1-28(20-11-6-3-7-12-20)31-26(18-9-4-2-5-10-18)30-27(32-28)19-15-16-23-21(17-19)25-22(29)13-8-14-24(25)33-23/h2-17H,1H3,(H,30,31,32)/t28-/m1/s1. The average molecular weight is 494 g/mol. The molecule has 0 spiro atoms. The molecule has 0 bridgehead atoms. The van der Waals surface area contributed by atoms with Crippen molar-refractivity contribution in [1.82, 2.24) is 5.32 Å². The van der Waals surface area contributed by atoms with E-state index in [1.807, 2.05) is 66.7 Å². The molecular weight excluding hydrogens is 474 g/mol. The predicted octanol–water partition coefficient (Wildman–Crippen LogP) is 7.02. The van der Waals surface area contributed by atoms with Crippen LogP contribution in [0, 0.1) is 0 Å². The van der Waals surface area contributed by atoms with Crippen LogP contribution in [0.3, 0.4) is 0 Å². The number of rotatable bonds is 3. The first kappa shape index (κ1) is 19.9. The molecule has 1 aliphatic heterocycles. The molecule has 5 heteroatoms. The van der Waals surface area contributed by atoms with Crippen molar-refractivity contribution in [3.8, 4) is 0 Å². The molecule has 1 atom stereocenters. The fraction of sp³-hybridized carbons (Fsp3) is 0.0714. The average Bonchev–Trinajstić information content (AvgIpc) is 3.24. The van der Waals surface area contributed by atoms with E-state index in [1.54, 1.807) is 0 Å². The third kappa shape index (κ3) is 3.45. The van der Waals surface area contributed by atoms with Crippen LogP contribution in [-0.2, 0) is 5.66 Å². The largest absolute Gasteiger partial charge is 0.456 e. The van der Waals surface area contributed by atoms with Gasteiger partial charge in [-0.3, -0.25) is 0 Å². The maximum absolute atomic E-state index is 6.06. The summed E-state index contributed by atoms with van der Waals surface area (Å²) < 4.78 is 7.07. The Morgan fingerprint density at radius 2 is 1.42 bits per heavy atom. The smallest absolute Gasteiger partial charge is 0.177 e. The van der Waals surface area contributed by atoms with Crippen molar-refractivity contribution < 1.29 is 4.42 Å². The molecule has 0 amide bonds. The molecule has 0 saturated heterocycles. The first-order valence-corrected chi connectivity index (χ1v) is 11.6. The summed E-state index contributed by atoms with van der Waals surface area (Å²) in [5.74, 6) is 1.57. The number of halogens is 1. The molecule has 4 aromatic carbocycles. The summed E-state index contributed by atoms with van der Waals surface area (Å²) >= 11 is 3.68. The van der Waals surface area contributed by atoms with Gasteiger partial charge in [0, 0.05) is 31.9 Å². The van der Waals surface area contributed by atoms with Gasteiger partial charge >= 0.3 is 0 Å². The van der Waals surface area contributed by atoms with Gasteiger partial charge < -0.3 is 9.73 Å². The van der Waals surface area contributed by atoms with Gasteiger partial charge in [-0.25, -0.2) is 9.98 Å². The van der Waals surface area contributed by atoms with E-state index in [4.69, 9.17) is 14.4 Å². The predicted molar refractivity (Wildman–Crippen MR) is 138 cm³/mol. The summed E-state index contributed by atoms with van der Waals surface area (Å²) in [6.45, 7) is 2.05. The second kappa shape index (κ2) is 7.71. The molecule has 1 N–H and O–H groups in total. The van der Waals surface area contributed by atoms with Crippen LogP contribution in [0.4, 0.5) is 0 Å². The second-order valence-corrected chi connectivity index (χ2v) is 9.08. The van der Waals surface area contributed by atoms with E-state index in [0.717, 1.165) is 54.8 Å². The number of nitrogens with one attached hydrogen (secondary N) is 1. The maximum atomic E-state index is 6.06. The zero-order chi connectivity index (χ0) is 22.4. The van der Waals surface area contributed by atoms with E-state index in [1.165, 1.54) is 0 Å². The van der Waals surface area contributed by atoms with Crippen LogP contribution in [0.1, 0.15) is 23.6 Å². The first-order chi connectivity index (χ1) is 16.1. The van der Waals surface area contributed by atoms with Crippen molar-refractivity contribution in [2.24, 2.45) is 9.98 Å². The fourth-order valence-electron chi connectivity index (χ4n) is 4.31. The van der Waals surface area contributed by atoms with Crippen molar-refractivity contribution in [2.45, 2.75) is 12.6 Å². The van der Waals surface area contributed by atoms with Gasteiger partial charge in [-0.2, -0.15) is 0 Å². The normalized spacial score (nSPS) is 18.1. The van der Waals surface area contributed by atoms with Gasteiger partial charge in [0.25, 0.3) is 0 Å². The number of hydrogen-bond acceptors (Lipinski definition) is 4. The Balaban J connectivity index is 1.54. The van der Waals surface area contributed by atoms with E-state index in [9.17, 15) is 0 Å². The third-order valence-corrected chi connectivity index (χ3v) is 6.64. The minimum atomic E-state index is -0.749. The van der Waals surface area contributed by atoms with Crippen molar-refractivity contribution in [2.75, 3.05) is 0 Å². The molecule has 0 unspecified atom stereocenters. The van der Waals surface area contributed by atoms with Gasteiger partial charge in [-0.05, 0) is 37.3 Å². The number of furan rings is 1. The molecular formula is C28H20BrN3O. The Hall–Kier alpha value is -3.70. The summed E-state index contributed by atoms with van der Waals surface area (Å²) in [4.78, 5) is 10.1. The van der Waals surface area contributed by atoms with Gasteiger partial charge in [0.15, 0.2) is 5.66 Å². The van der Waals surface area contributed by atoms with Gasteiger partial charge in [0.1, 0.15) is 22.8 Å². The SMILES string of the molecule is C[C@@]1(c2ccccc2)N=C(c2ccccc2)NC(c2ccc3oc4cccc(Br)c4c3c2)=N1. The van der Waals surface area contributed by atoms with Gasteiger partial charge in [-0.15, -0.1) is 0 Å². The van der Waals surface area contributed by atoms with E-state index in [0.29, 0.717) is 0 Å². The first-order valence-electron chi connectivity index (χ1n) is 10.8. The molecule has 0 aliphatic carbocycles. The maximum Gasteiger partial charge on any atom is 0.177 e. The molecule has 6 rings (SSSR count). The summed E-state index contributed by atoms with van der Waals surface area (Å²) in [6.07, 6.45) is 0. The Kier molecular flexibility index (Phi) is 4.66. The molecule has 5 aromatic rings. The lowest BCUT2D eigenvalue weighted by Crippen LogP contribution is -2.40. The number of hydrogen-bond donors (Lipinski definition) is 1. The van der Waals surface area contributed by atoms with Crippen LogP contribution in [-0.4, -0.2) is 11.7 Å². The van der Waals surface area contributed by atoms with Crippen LogP contribution in [0.15, 0.2) is 116 Å². The zero-order valence-electron chi connectivity index (χ0n) is 17.9. The van der Waals surface area contributed by atoms with Crippen LogP contribution in [0.25, 0.3) is 21.9 Å². The Morgan fingerprint density at radius 1 is 0.727 bits per heavy atom. The van der Waals surface area contributed by atoms with E-state index in [-0.39, 0.29) is 0 Å². The third-order valence-electron chi connectivity index (χ3n) is 5.98. The van der Waals surface area contributed by atoms with Gasteiger partial charge in [-0.1, -0.05) is 82.7 Å². The zero-order valence-corrected chi connectivity index (χ0v) is 19.5. The lowest BCUT2D eigenvalue weighted by atomic mass is 10.00. The van der Waals surface area contributed by atoms with Gasteiger partial charge in [0.2, 0.25) is 0 Å². The highest BCUT2D eigenvalue weighted by Crippen LogP contribution is 2.36. The molecule has 33 heavy (non-hydrogen) atoms. The molecule has 0 fully saturated rings. The highest BCUT2D eigenvalue weighted by Gasteiger charge is 2.31. The van der Waals surface area contributed by atoms with Gasteiger partial charge in [0.05, 0.1) is 0 Å². The summed E-state index contributed by atoms with van der Waals surface area (Å²) in [6, 6.07) is 32.6. The van der Waals surface area contributed by atoms with E-state index in [2.05, 4.69) is 58.5 Å². The molecule has 160 valence electrons. The second-order valence-electron chi connectivity index (χ2n) is 8.22. The molecule has 1 aliphatic rings. The number of amidine groups is 2. The molecule has 4 nitrogen and oxygen atoms in total. The Morgan fingerprint density at radius 3 is 2.18 bits per heavy atom. The van der Waals surface area contributed by atoms with Crippen LogP contribution in [0.2, 0.25) is 0 Å². The summed E-state index contributed by atoms with van der Waals surface area (Å²) in [5, 5.41) is 5.60. The van der Waals surface area contributed by atoms with Crippen LogP contribution < -0.4 is 5.32 Å². The monoisotopic (exact) mass is 493 g/mol. The fourth-order valence-corrected chi connectivity index (χ4v) is 4.87. The highest BCUT2D eigenvalue weighted by molar-refractivity contribution is 9.10. The topological polar surface area (TPSA) is 49.9 Å². The van der Waals surface area contributed by atoms with E-state index >= 15 is 0 Å². The minimum Gasteiger partial charge on any atom is -0.456 e. The van der Waals surface area contributed by atoms with Crippen molar-refractivity contribution in [1.29, 1.82) is 0 Å². The summed E-state index contributed by atoms with van der Waals surface area (Å²) in [7, 11) is 0. The molecule has 0 radical (unpaired) electrons. The number of fused-ring (bicyclic) bond motifs is 3. The van der Waals surface area contributed by atoms with Crippen molar-refractivity contribution >= 4 is 49.5 Å². The minimum absolute atomic E-state index is 0.749. The lowest BCUT2D eigenvalue weighted by molar-refractivity contribution is 0.518. The number of nitrogens with zero attached hydrogens (tertiary/aromatic N) is 2. The number of aliphatic imine (C=N–C) groups is 2. The quantitative estimate of drug-likeness (QED) is 0.293. The Labute approximate surface area is 199 Å². The highest BCUT2D eigenvalue weighted by atomic mass is 79.9. The van der Waals surface area contributed by atoms with Crippen molar-refractivity contribution in [3.63, 3.8) is 0 Å². The van der Waals surface area contributed by atoms with Crippen LogP contribution in [0.5, 0.6) is 0 Å². The van der Waals surface area contributed by atoms with Crippen LogP contribution >= 0.6 is 15.9 Å². The van der Waals surface area contributed by atoms with E-state index < -0.39 is 5.66 Å². The molecule has 2 heterocycles. The van der Waals surface area contributed by atoms with Crippen molar-refractivity contribution in [3.05, 3.63) is 118 Å². The summed E-state index contributed by atoms with van der Waals surface area (Å²) in [5.41, 5.74) is 3.99.